The van der Waals surface area contributed by atoms with E-state index in [0.29, 0.717) is 12.5 Å². The third-order valence-corrected chi connectivity index (χ3v) is 3.93. The van der Waals surface area contributed by atoms with Crippen molar-refractivity contribution in [1.82, 2.24) is 14.8 Å². The summed E-state index contributed by atoms with van der Waals surface area (Å²) in [6.45, 7) is 4.64. The van der Waals surface area contributed by atoms with Crippen LogP contribution in [-0.4, -0.2) is 34.5 Å². The SMILES string of the molecule is COC(C)CNc1cc(C)cc(Nc2ncn(-c3cc(F)cc(F)c3)n2)c1. The van der Waals surface area contributed by atoms with Gasteiger partial charge >= 0.3 is 0 Å². The number of rotatable bonds is 7. The molecule has 2 N–H and O–H groups in total. The molecule has 0 fully saturated rings. The van der Waals surface area contributed by atoms with Crippen LogP contribution in [0.2, 0.25) is 0 Å². The van der Waals surface area contributed by atoms with Gasteiger partial charge in [-0.1, -0.05) is 0 Å². The zero-order chi connectivity index (χ0) is 19.4. The third-order valence-electron chi connectivity index (χ3n) is 3.93. The summed E-state index contributed by atoms with van der Waals surface area (Å²) in [6, 6.07) is 9.09. The number of nitrogens with one attached hydrogen (secondary N) is 2. The molecule has 0 spiro atoms. The number of methoxy groups -OCH3 is 1. The van der Waals surface area contributed by atoms with Crippen LogP contribution in [0.3, 0.4) is 0 Å². The van der Waals surface area contributed by atoms with Gasteiger partial charge in [0.25, 0.3) is 0 Å². The molecule has 8 heteroatoms. The third kappa shape index (κ3) is 5.01. The fourth-order valence-corrected chi connectivity index (χ4v) is 2.55. The quantitative estimate of drug-likeness (QED) is 0.654. The summed E-state index contributed by atoms with van der Waals surface area (Å²) in [5.74, 6) is -1.02. The Bertz CT molecular complexity index is 908. The molecule has 0 aliphatic heterocycles. The van der Waals surface area contributed by atoms with E-state index in [2.05, 4.69) is 20.7 Å². The molecular formula is C19H21F2N5O. The van der Waals surface area contributed by atoms with Crippen LogP contribution in [0.1, 0.15) is 12.5 Å². The molecule has 0 saturated heterocycles. The van der Waals surface area contributed by atoms with E-state index in [1.54, 1.807) is 7.11 Å². The van der Waals surface area contributed by atoms with E-state index in [1.807, 2.05) is 32.0 Å². The van der Waals surface area contributed by atoms with Gasteiger partial charge in [-0.05, 0) is 49.7 Å². The highest BCUT2D eigenvalue weighted by Crippen LogP contribution is 2.21. The Kier molecular flexibility index (Phi) is 5.66. The average molecular weight is 373 g/mol. The molecule has 3 aromatic rings. The summed E-state index contributed by atoms with van der Waals surface area (Å²) in [5, 5.41) is 10.6. The molecule has 142 valence electrons. The fraction of sp³-hybridized carbons (Fsp3) is 0.263. The summed E-state index contributed by atoms with van der Waals surface area (Å²) >= 11 is 0. The van der Waals surface area contributed by atoms with Gasteiger partial charge in [-0.2, -0.15) is 4.98 Å². The number of ether oxygens (including phenoxy) is 1. The van der Waals surface area contributed by atoms with Crippen LogP contribution in [0.4, 0.5) is 26.1 Å². The van der Waals surface area contributed by atoms with Crippen molar-refractivity contribution >= 4 is 17.3 Å². The molecule has 1 atom stereocenters. The van der Waals surface area contributed by atoms with E-state index in [0.717, 1.165) is 23.0 Å². The molecule has 0 radical (unpaired) electrons. The van der Waals surface area contributed by atoms with E-state index in [9.17, 15) is 8.78 Å². The van der Waals surface area contributed by atoms with Crippen molar-refractivity contribution in [3.63, 3.8) is 0 Å². The smallest absolute Gasteiger partial charge is 0.246 e. The van der Waals surface area contributed by atoms with Crippen LogP contribution < -0.4 is 10.6 Å². The second kappa shape index (κ2) is 8.13. The van der Waals surface area contributed by atoms with Crippen molar-refractivity contribution in [2.75, 3.05) is 24.3 Å². The predicted octanol–water partition coefficient (Wildman–Crippen LogP) is 4.04. The van der Waals surface area contributed by atoms with Gasteiger partial charge in [-0.3, -0.25) is 0 Å². The van der Waals surface area contributed by atoms with Crippen LogP contribution in [0.15, 0.2) is 42.7 Å². The van der Waals surface area contributed by atoms with E-state index in [-0.39, 0.29) is 11.8 Å². The molecule has 1 aromatic heterocycles. The van der Waals surface area contributed by atoms with Gasteiger partial charge in [0.2, 0.25) is 5.95 Å². The summed E-state index contributed by atoms with van der Waals surface area (Å²) in [5.41, 5.74) is 3.05. The van der Waals surface area contributed by atoms with Gasteiger partial charge in [0, 0.05) is 31.1 Å². The molecule has 0 aliphatic rings. The average Bonchev–Trinajstić information content (AvgIpc) is 3.07. The van der Waals surface area contributed by atoms with Crippen molar-refractivity contribution in [1.29, 1.82) is 0 Å². The molecule has 1 heterocycles. The van der Waals surface area contributed by atoms with Crippen molar-refractivity contribution < 1.29 is 13.5 Å². The number of nitrogens with zero attached hydrogens (tertiary/aromatic N) is 3. The molecule has 1 unspecified atom stereocenters. The number of hydrogen-bond acceptors (Lipinski definition) is 5. The first kappa shape index (κ1) is 18.8. The van der Waals surface area contributed by atoms with Gasteiger partial charge in [0.15, 0.2) is 0 Å². The van der Waals surface area contributed by atoms with Crippen LogP contribution in [0.25, 0.3) is 5.69 Å². The lowest BCUT2D eigenvalue weighted by molar-refractivity contribution is 0.129. The lowest BCUT2D eigenvalue weighted by atomic mass is 10.2. The van der Waals surface area contributed by atoms with Gasteiger partial charge in [0.05, 0.1) is 11.8 Å². The zero-order valence-electron chi connectivity index (χ0n) is 15.3. The lowest BCUT2D eigenvalue weighted by Crippen LogP contribution is -2.18. The number of halogens is 2. The number of benzene rings is 2. The Labute approximate surface area is 156 Å². The first-order valence-corrected chi connectivity index (χ1v) is 8.46. The minimum absolute atomic E-state index is 0.0888. The highest BCUT2D eigenvalue weighted by Gasteiger charge is 2.08. The Balaban J connectivity index is 1.76. The van der Waals surface area contributed by atoms with Crippen LogP contribution in [0, 0.1) is 18.6 Å². The molecule has 0 aliphatic carbocycles. The number of aryl methyl sites for hydroxylation is 1. The minimum atomic E-state index is -0.672. The van der Waals surface area contributed by atoms with Crippen molar-refractivity contribution in [3.8, 4) is 5.69 Å². The Morgan fingerprint density at radius 3 is 2.48 bits per heavy atom. The Morgan fingerprint density at radius 2 is 1.78 bits per heavy atom. The lowest BCUT2D eigenvalue weighted by Gasteiger charge is -2.14. The molecule has 0 saturated carbocycles. The zero-order valence-corrected chi connectivity index (χ0v) is 15.3. The first-order chi connectivity index (χ1) is 12.9. The molecule has 6 nitrogen and oxygen atoms in total. The minimum Gasteiger partial charge on any atom is -0.382 e. The van der Waals surface area contributed by atoms with Crippen LogP contribution in [0.5, 0.6) is 0 Å². The van der Waals surface area contributed by atoms with Crippen molar-refractivity contribution in [3.05, 3.63) is 59.9 Å². The summed E-state index contributed by atoms with van der Waals surface area (Å²) in [4.78, 5) is 4.15. The molecule has 0 amide bonds. The van der Waals surface area contributed by atoms with E-state index >= 15 is 0 Å². The molecular weight excluding hydrogens is 352 g/mol. The Morgan fingerprint density at radius 1 is 1.07 bits per heavy atom. The number of anilines is 3. The standard InChI is InChI=1S/C19H21F2N5O/c1-12-4-16(22-10-13(2)27-3)9-17(5-12)24-19-23-11-26(25-19)18-7-14(20)6-15(21)8-18/h4-9,11,13,22H,10H2,1-3H3,(H,24,25). The van der Waals surface area contributed by atoms with Gasteiger partial charge in [-0.25, -0.2) is 13.5 Å². The molecule has 3 rings (SSSR count). The van der Waals surface area contributed by atoms with E-state index < -0.39 is 11.6 Å². The monoisotopic (exact) mass is 373 g/mol. The maximum Gasteiger partial charge on any atom is 0.246 e. The van der Waals surface area contributed by atoms with Gasteiger partial charge < -0.3 is 15.4 Å². The maximum atomic E-state index is 13.4. The normalized spacial score (nSPS) is 12.0. The molecule has 2 aromatic carbocycles. The summed E-state index contributed by atoms with van der Waals surface area (Å²) < 4.78 is 33.3. The van der Waals surface area contributed by atoms with Crippen LogP contribution in [-0.2, 0) is 4.74 Å². The number of hydrogen-bond donors (Lipinski definition) is 2. The maximum absolute atomic E-state index is 13.4. The summed E-state index contributed by atoms with van der Waals surface area (Å²) in [6.07, 6.45) is 1.48. The van der Waals surface area contributed by atoms with Gasteiger partial charge in [0.1, 0.15) is 18.0 Å². The topological polar surface area (TPSA) is 64.0 Å². The Hall–Kier alpha value is -3.00. The number of aromatic nitrogens is 3. The summed E-state index contributed by atoms with van der Waals surface area (Å²) in [7, 11) is 1.67. The highest BCUT2D eigenvalue weighted by atomic mass is 19.1. The largest absolute Gasteiger partial charge is 0.382 e. The van der Waals surface area contributed by atoms with Crippen molar-refractivity contribution in [2.24, 2.45) is 0 Å². The van der Waals surface area contributed by atoms with E-state index in [1.165, 1.54) is 23.1 Å². The van der Waals surface area contributed by atoms with Crippen LogP contribution >= 0.6 is 0 Å². The van der Waals surface area contributed by atoms with Crippen molar-refractivity contribution in [2.45, 2.75) is 20.0 Å². The van der Waals surface area contributed by atoms with E-state index in [4.69, 9.17) is 4.74 Å². The first-order valence-electron chi connectivity index (χ1n) is 8.46. The second-order valence-corrected chi connectivity index (χ2v) is 6.28. The highest BCUT2D eigenvalue weighted by molar-refractivity contribution is 5.63. The molecule has 0 bridgehead atoms. The predicted molar refractivity (Wildman–Crippen MR) is 101 cm³/mol. The second-order valence-electron chi connectivity index (χ2n) is 6.28. The molecule has 27 heavy (non-hydrogen) atoms. The van der Waals surface area contributed by atoms with Gasteiger partial charge in [-0.15, -0.1) is 5.10 Å². The fourth-order valence-electron chi connectivity index (χ4n) is 2.55.